The highest BCUT2D eigenvalue weighted by molar-refractivity contribution is 7.99. The molecule has 1 fully saturated rings. The van der Waals surface area contributed by atoms with Gasteiger partial charge in [-0.2, -0.15) is 0 Å². The van der Waals surface area contributed by atoms with E-state index >= 15 is 0 Å². The van der Waals surface area contributed by atoms with E-state index in [9.17, 15) is 9.59 Å². The topological polar surface area (TPSA) is 101 Å². The summed E-state index contributed by atoms with van der Waals surface area (Å²) in [6.07, 6.45) is 2.20. The van der Waals surface area contributed by atoms with Crippen molar-refractivity contribution in [3.63, 3.8) is 0 Å². The SMILES string of the molecule is O=C(O)/C=C/C(=O)O.OCCN1CCN(C2Cc3ccccc3Sc3ccccc32)CC1. The quantitative estimate of drug-likeness (QED) is 0.591. The fraction of sp³-hybridized carbons (Fsp3) is 0.333. The number of hydrogen-bond acceptors (Lipinski definition) is 6. The van der Waals surface area contributed by atoms with Crippen molar-refractivity contribution in [2.75, 3.05) is 39.3 Å². The van der Waals surface area contributed by atoms with Gasteiger partial charge in [0.1, 0.15) is 0 Å². The van der Waals surface area contributed by atoms with Crippen molar-refractivity contribution in [1.29, 1.82) is 0 Å². The maximum absolute atomic E-state index is 9.55. The molecule has 4 rings (SSSR count). The van der Waals surface area contributed by atoms with Crippen LogP contribution in [0.4, 0.5) is 0 Å². The summed E-state index contributed by atoms with van der Waals surface area (Å²) in [5, 5.41) is 24.8. The molecule has 2 aliphatic rings. The molecule has 0 aromatic heterocycles. The summed E-state index contributed by atoms with van der Waals surface area (Å²) in [6.45, 7) is 5.31. The van der Waals surface area contributed by atoms with Gasteiger partial charge in [0.2, 0.25) is 0 Å². The summed E-state index contributed by atoms with van der Waals surface area (Å²) < 4.78 is 0. The number of aliphatic hydroxyl groups is 1. The van der Waals surface area contributed by atoms with E-state index in [-0.39, 0.29) is 6.61 Å². The van der Waals surface area contributed by atoms with Gasteiger partial charge in [0, 0.05) is 60.7 Å². The van der Waals surface area contributed by atoms with Crippen LogP contribution >= 0.6 is 11.8 Å². The van der Waals surface area contributed by atoms with Crippen molar-refractivity contribution >= 4 is 23.7 Å². The first-order chi connectivity index (χ1) is 15.5. The van der Waals surface area contributed by atoms with E-state index in [1.54, 1.807) is 0 Å². The van der Waals surface area contributed by atoms with Crippen LogP contribution in [0.5, 0.6) is 0 Å². The van der Waals surface area contributed by atoms with Gasteiger partial charge in [-0.3, -0.25) is 9.80 Å². The van der Waals surface area contributed by atoms with Gasteiger partial charge in [0.15, 0.2) is 0 Å². The second-order valence-corrected chi connectivity index (χ2v) is 8.66. The normalized spacial score (nSPS) is 18.7. The minimum absolute atomic E-state index is 0.260. The molecule has 170 valence electrons. The number of piperazine rings is 1. The predicted molar refractivity (Wildman–Crippen MR) is 123 cm³/mol. The number of β-amino-alcohol motifs (C(OH)–C–C–N with tert-alkyl or cyclic N) is 1. The van der Waals surface area contributed by atoms with Gasteiger partial charge in [-0.25, -0.2) is 9.59 Å². The molecule has 0 spiro atoms. The van der Waals surface area contributed by atoms with E-state index in [2.05, 4.69) is 58.3 Å². The summed E-state index contributed by atoms with van der Waals surface area (Å²) in [4.78, 5) is 26.9. The Hall–Kier alpha value is -2.65. The number of aliphatic hydroxyl groups excluding tert-OH is 1. The number of rotatable bonds is 5. The zero-order valence-corrected chi connectivity index (χ0v) is 18.6. The number of benzene rings is 2. The molecular formula is C24H28N2O5S. The predicted octanol–water partition coefficient (Wildman–Crippen LogP) is 2.76. The summed E-state index contributed by atoms with van der Waals surface area (Å²) in [6, 6.07) is 18.2. The van der Waals surface area contributed by atoms with Crippen LogP contribution < -0.4 is 0 Å². The first-order valence-corrected chi connectivity index (χ1v) is 11.4. The molecule has 1 unspecified atom stereocenters. The molecule has 0 saturated carbocycles. The molecule has 7 nitrogen and oxygen atoms in total. The Balaban J connectivity index is 0.000000312. The van der Waals surface area contributed by atoms with Crippen molar-refractivity contribution < 1.29 is 24.9 Å². The summed E-state index contributed by atoms with van der Waals surface area (Å²) in [5.41, 5.74) is 2.93. The zero-order chi connectivity index (χ0) is 22.9. The second-order valence-electron chi connectivity index (χ2n) is 7.58. The van der Waals surface area contributed by atoms with E-state index in [1.807, 2.05) is 11.8 Å². The first kappa shape index (κ1) is 24.0. The Bertz CT molecular complexity index is 941. The lowest BCUT2D eigenvalue weighted by Crippen LogP contribution is -2.48. The van der Waals surface area contributed by atoms with Crippen molar-refractivity contribution in [2.45, 2.75) is 22.3 Å². The van der Waals surface area contributed by atoms with E-state index < -0.39 is 11.9 Å². The van der Waals surface area contributed by atoms with Gasteiger partial charge in [-0.1, -0.05) is 48.2 Å². The van der Waals surface area contributed by atoms with Crippen LogP contribution in [0.3, 0.4) is 0 Å². The van der Waals surface area contributed by atoms with Crippen LogP contribution in [0.2, 0.25) is 0 Å². The zero-order valence-electron chi connectivity index (χ0n) is 17.8. The molecule has 3 N–H and O–H groups in total. The minimum atomic E-state index is -1.26. The van der Waals surface area contributed by atoms with Gasteiger partial charge in [0.05, 0.1) is 6.61 Å². The highest BCUT2D eigenvalue weighted by Crippen LogP contribution is 2.42. The van der Waals surface area contributed by atoms with E-state index in [1.165, 1.54) is 20.9 Å². The average Bonchev–Trinajstić information content (AvgIpc) is 2.96. The number of aliphatic carboxylic acids is 2. The van der Waals surface area contributed by atoms with Gasteiger partial charge in [-0.15, -0.1) is 0 Å². The molecule has 8 heteroatoms. The summed E-state index contributed by atoms with van der Waals surface area (Å²) in [5.74, 6) is -2.51. The standard InChI is InChI=1S/C20H24N2OS.C4H4O4/c23-14-13-21-9-11-22(12-10-21)18-15-16-5-1-3-7-19(16)24-20-8-4-2-6-17(18)20;5-3(6)1-2-4(7)8/h1-8,18,23H,9-15H2;1-2H,(H,5,6)(H,7,8)/b;2-1+. The van der Waals surface area contributed by atoms with Gasteiger partial charge >= 0.3 is 11.9 Å². The van der Waals surface area contributed by atoms with E-state index in [0.717, 1.165) is 39.1 Å². The lowest BCUT2D eigenvalue weighted by Gasteiger charge is -2.39. The average molecular weight is 457 g/mol. The molecule has 1 atom stereocenters. The molecule has 2 aliphatic heterocycles. The monoisotopic (exact) mass is 456 g/mol. The lowest BCUT2D eigenvalue weighted by atomic mass is 9.96. The molecule has 2 aromatic rings. The van der Waals surface area contributed by atoms with Crippen molar-refractivity contribution in [3.8, 4) is 0 Å². The van der Waals surface area contributed by atoms with Gasteiger partial charge in [-0.05, 0) is 29.7 Å². The number of fused-ring (bicyclic) bond motifs is 2. The molecule has 2 aromatic carbocycles. The van der Waals surface area contributed by atoms with Crippen LogP contribution in [-0.2, 0) is 16.0 Å². The maximum Gasteiger partial charge on any atom is 0.328 e. The molecule has 1 saturated heterocycles. The Kier molecular flexibility index (Phi) is 8.87. The van der Waals surface area contributed by atoms with E-state index in [0.29, 0.717) is 18.2 Å². The van der Waals surface area contributed by atoms with Crippen LogP contribution in [-0.4, -0.2) is 76.4 Å². The Morgan fingerprint density at radius 3 is 2.12 bits per heavy atom. The third-order valence-electron chi connectivity index (χ3n) is 5.52. The molecule has 32 heavy (non-hydrogen) atoms. The fourth-order valence-electron chi connectivity index (χ4n) is 3.97. The van der Waals surface area contributed by atoms with Crippen molar-refractivity contribution in [3.05, 3.63) is 71.8 Å². The second kappa shape index (κ2) is 11.8. The molecule has 2 heterocycles. The van der Waals surface area contributed by atoms with Crippen LogP contribution in [0, 0.1) is 0 Å². The largest absolute Gasteiger partial charge is 0.478 e. The lowest BCUT2D eigenvalue weighted by molar-refractivity contribution is -0.134. The Morgan fingerprint density at radius 1 is 0.906 bits per heavy atom. The van der Waals surface area contributed by atoms with Crippen molar-refractivity contribution in [2.24, 2.45) is 0 Å². The maximum atomic E-state index is 9.55. The number of carboxylic acids is 2. The highest BCUT2D eigenvalue weighted by atomic mass is 32.2. The van der Waals surface area contributed by atoms with Crippen LogP contribution in [0.1, 0.15) is 17.2 Å². The first-order valence-electron chi connectivity index (χ1n) is 10.5. The number of carboxylic acid groups (broad SMARTS) is 2. The molecule has 0 bridgehead atoms. The number of nitrogens with zero attached hydrogens (tertiary/aromatic N) is 2. The van der Waals surface area contributed by atoms with Crippen molar-refractivity contribution in [1.82, 2.24) is 9.80 Å². The molecule has 0 amide bonds. The Labute approximate surface area is 192 Å². The van der Waals surface area contributed by atoms with Crippen LogP contribution in [0.25, 0.3) is 0 Å². The minimum Gasteiger partial charge on any atom is -0.478 e. The molecule has 0 aliphatic carbocycles. The molecular weight excluding hydrogens is 428 g/mol. The highest BCUT2D eigenvalue weighted by Gasteiger charge is 2.29. The third-order valence-corrected chi connectivity index (χ3v) is 6.73. The third kappa shape index (κ3) is 6.67. The van der Waals surface area contributed by atoms with E-state index in [4.69, 9.17) is 15.3 Å². The molecule has 0 radical (unpaired) electrons. The fourth-order valence-corrected chi connectivity index (χ4v) is 5.10. The van der Waals surface area contributed by atoms with Gasteiger partial charge in [0.25, 0.3) is 0 Å². The smallest absolute Gasteiger partial charge is 0.328 e. The number of hydrogen-bond donors (Lipinski definition) is 3. The summed E-state index contributed by atoms with van der Waals surface area (Å²) in [7, 11) is 0. The van der Waals surface area contributed by atoms with Gasteiger partial charge < -0.3 is 15.3 Å². The van der Waals surface area contributed by atoms with Crippen LogP contribution in [0.15, 0.2) is 70.5 Å². The Morgan fingerprint density at radius 2 is 1.50 bits per heavy atom. The number of carbonyl (C=O) groups is 2. The summed E-state index contributed by atoms with van der Waals surface area (Å²) >= 11 is 1.91.